The van der Waals surface area contributed by atoms with Gasteiger partial charge in [0.25, 0.3) is 0 Å². The highest BCUT2D eigenvalue weighted by Gasteiger charge is 2.08. The Balaban J connectivity index is 2.73. The molecule has 1 aromatic carbocycles. The number of carbonyl (C=O) groups excluding carboxylic acids is 1. The summed E-state index contributed by atoms with van der Waals surface area (Å²) in [7, 11) is 0. The van der Waals surface area contributed by atoms with Crippen molar-refractivity contribution in [2.75, 3.05) is 0 Å². The second-order valence-electron chi connectivity index (χ2n) is 3.09. The molecule has 0 N–H and O–H groups in total. The Kier molecular flexibility index (Phi) is 3.50. The van der Waals surface area contributed by atoms with Crippen LogP contribution in [0, 0.1) is 0 Å². The standard InChI is InChI=1S/C11H14O2/c1-2-9(8-11(12)13)10-6-4-3-5-7-10/h3-7,9H,2,8H2,1H3,(H,12,13)/p-1/t9-/m0/s1. The van der Waals surface area contributed by atoms with Gasteiger partial charge in [-0.25, -0.2) is 0 Å². The maximum absolute atomic E-state index is 10.4. The zero-order chi connectivity index (χ0) is 9.68. The Hall–Kier alpha value is -1.31. The van der Waals surface area contributed by atoms with Gasteiger partial charge in [-0.2, -0.15) is 0 Å². The van der Waals surface area contributed by atoms with E-state index in [4.69, 9.17) is 0 Å². The van der Waals surface area contributed by atoms with Crippen LogP contribution in [0.4, 0.5) is 0 Å². The predicted molar refractivity (Wildman–Crippen MR) is 49.1 cm³/mol. The van der Waals surface area contributed by atoms with E-state index in [1.807, 2.05) is 37.3 Å². The average molecular weight is 177 g/mol. The van der Waals surface area contributed by atoms with Crippen LogP contribution in [0.5, 0.6) is 0 Å². The summed E-state index contributed by atoms with van der Waals surface area (Å²) in [6.07, 6.45) is 0.943. The molecule has 0 saturated carbocycles. The summed E-state index contributed by atoms with van der Waals surface area (Å²) in [6.45, 7) is 1.99. The van der Waals surface area contributed by atoms with Crippen LogP contribution in [0.2, 0.25) is 0 Å². The van der Waals surface area contributed by atoms with E-state index in [9.17, 15) is 9.90 Å². The summed E-state index contributed by atoms with van der Waals surface area (Å²) in [6, 6.07) is 9.68. The predicted octanol–water partition coefficient (Wildman–Crippen LogP) is 1.32. The van der Waals surface area contributed by atoms with Crippen LogP contribution >= 0.6 is 0 Å². The van der Waals surface area contributed by atoms with Crippen molar-refractivity contribution >= 4 is 5.97 Å². The van der Waals surface area contributed by atoms with Gasteiger partial charge in [0, 0.05) is 5.97 Å². The first-order valence-corrected chi connectivity index (χ1v) is 4.48. The molecule has 2 heteroatoms. The number of hydrogen-bond donors (Lipinski definition) is 0. The second kappa shape index (κ2) is 4.65. The molecule has 0 saturated heterocycles. The van der Waals surface area contributed by atoms with E-state index in [0.717, 1.165) is 12.0 Å². The summed E-state index contributed by atoms with van der Waals surface area (Å²) in [5, 5.41) is 10.4. The number of hydrogen-bond acceptors (Lipinski definition) is 2. The molecule has 1 atom stereocenters. The maximum Gasteiger partial charge on any atom is 0.0420 e. The quantitative estimate of drug-likeness (QED) is 0.695. The van der Waals surface area contributed by atoms with E-state index in [-0.39, 0.29) is 12.3 Å². The number of carboxylic acid groups (broad SMARTS) is 1. The molecule has 1 rings (SSSR count). The van der Waals surface area contributed by atoms with Gasteiger partial charge in [-0.3, -0.25) is 0 Å². The molecular weight excluding hydrogens is 164 g/mol. The molecule has 0 spiro atoms. The van der Waals surface area contributed by atoms with Crippen molar-refractivity contribution in [3.8, 4) is 0 Å². The number of carboxylic acids is 1. The molecule has 0 aliphatic carbocycles. The summed E-state index contributed by atoms with van der Waals surface area (Å²) in [5.74, 6) is -0.887. The van der Waals surface area contributed by atoms with Crippen molar-refractivity contribution in [1.82, 2.24) is 0 Å². The Morgan fingerprint density at radius 1 is 1.38 bits per heavy atom. The van der Waals surface area contributed by atoms with Crippen LogP contribution in [0.1, 0.15) is 31.2 Å². The van der Waals surface area contributed by atoms with E-state index < -0.39 is 5.97 Å². The fourth-order valence-corrected chi connectivity index (χ4v) is 1.42. The van der Waals surface area contributed by atoms with Gasteiger partial charge in [-0.15, -0.1) is 0 Å². The van der Waals surface area contributed by atoms with E-state index >= 15 is 0 Å². The Morgan fingerprint density at radius 3 is 2.46 bits per heavy atom. The maximum atomic E-state index is 10.4. The van der Waals surface area contributed by atoms with Crippen LogP contribution in [0.15, 0.2) is 30.3 Å². The first kappa shape index (κ1) is 9.78. The summed E-state index contributed by atoms with van der Waals surface area (Å²) in [4.78, 5) is 10.4. The molecule has 2 nitrogen and oxygen atoms in total. The highest BCUT2D eigenvalue weighted by Crippen LogP contribution is 2.21. The third-order valence-electron chi connectivity index (χ3n) is 2.18. The number of carbonyl (C=O) groups is 1. The molecule has 0 aliphatic heterocycles. The lowest BCUT2D eigenvalue weighted by atomic mass is 9.93. The minimum Gasteiger partial charge on any atom is -0.550 e. The zero-order valence-corrected chi connectivity index (χ0v) is 7.69. The Labute approximate surface area is 78.2 Å². The van der Waals surface area contributed by atoms with Crippen molar-refractivity contribution in [2.24, 2.45) is 0 Å². The summed E-state index contributed by atoms with van der Waals surface area (Å²) < 4.78 is 0. The third kappa shape index (κ3) is 2.90. The van der Waals surface area contributed by atoms with Gasteiger partial charge < -0.3 is 9.90 Å². The molecular formula is C11H13O2-. The fraction of sp³-hybridized carbons (Fsp3) is 0.364. The molecule has 0 fully saturated rings. The van der Waals surface area contributed by atoms with Crippen LogP contribution in [0.25, 0.3) is 0 Å². The summed E-state index contributed by atoms with van der Waals surface area (Å²) in [5.41, 5.74) is 1.08. The number of benzene rings is 1. The van der Waals surface area contributed by atoms with Gasteiger partial charge in [0.15, 0.2) is 0 Å². The van der Waals surface area contributed by atoms with Gasteiger partial charge in [0.1, 0.15) is 0 Å². The SMILES string of the molecule is CC[C@@H](CC(=O)[O-])c1ccccc1. The van der Waals surface area contributed by atoms with Gasteiger partial charge in [-0.1, -0.05) is 37.3 Å². The van der Waals surface area contributed by atoms with Crippen LogP contribution in [-0.4, -0.2) is 5.97 Å². The second-order valence-corrected chi connectivity index (χ2v) is 3.09. The molecule has 13 heavy (non-hydrogen) atoms. The Bertz CT molecular complexity index is 267. The van der Waals surface area contributed by atoms with Crippen molar-refractivity contribution in [3.05, 3.63) is 35.9 Å². The number of rotatable bonds is 4. The van der Waals surface area contributed by atoms with Gasteiger partial charge in [0.05, 0.1) is 0 Å². The third-order valence-corrected chi connectivity index (χ3v) is 2.18. The summed E-state index contributed by atoms with van der Waals surface area (Å²) >= 11 is 0. The molecule has 0 unspecified atom stereocenters. The molecule has 0 heterocycles. The van der Waals surface area contributed by atoms with Crippen LogP contribution in [0.3, 0.4) is 0 Å². The minimum absolute atomic E-state index is 0.0891. The van der Waals surface area contributed by atoms with Gasteiger partial charge in [0.2, 0.25) is 0 Å². The van der Waals surface area contributed by atoms with E-state index in [0.29, 0.717) is 0 Å². The largest absolute Gasteiger partial charge is 0.550 e. The van der Waals surface area contributed by atoms with E-state index in [1.165, 1.54) is 0 Å². The topological polar surface area (TPSA) is 40.1 Å². The Morgan fingerprint density at radius 2 is 2.00 bits per heavy atom. The van der Waals surface area contributed by atoms with Gasteiger partial charge in [-0.05, 0) is 24.3 Å². The molecule has 0 amide bonds. The number of aliphatic carboxylic acids is 1. The van der Waals surface area contributed by atoms with Crippen molar-refractivity contribution in [3.63, 3.8) is 0 Å². The van der Waals surface area contributed by atoms with E-state index in [1.54, 1.807) is 0 Å². The molecule has 0 aliphatic rings. The normalized spacial score (nSPS) is 12.4. The van der Waals surface area contributed by atoms with E-state index in [2.05, 4.69) is 0 Å². The lowest BCUT2D eigenvalue weighted by Crippen LogP contribution is -2.24. The fourth-order valence-electron chi connectivity index (χ4n) is 1.42. The van der Waals surface area contributed by atoms with Crippen LogP contribution < -0.4 is 5.11 Å². The highest BCUT2D eigenvalue weighted by atomic mass is 16.4. The van der Waals surface area contributed by atoms with Crippen molar-refractivity contribution < 1.29 is 9.90 Å². The molecule has 0 bridgehead atoms. The monoisotopic (exact) mass is 177 g/mol. The first-order chi connectivity index (χ1) is 6.24. The zero-order valence-electron chi connectivity index (χ0n) is 7.69. The molecule has 70 valence electrons. The molecule has 1 aromatic rings. The highest BCUT2D eigenvalue weighted by molar-refractivity contribution is 5.65. The minimum atomic E-state index is -0.976. The lowest BCUT2D eigenvalue weighted by molar-refractivity contribution is -0.306. The van der Waals surface area contributed by atoms with Crippen molar-refractivity contribution in [2.45, 2.75) is 25.7 Å². The molecule has 0 radical (unpaired) electrons. The lowest BCUT2D eigenvalue weighted by Gasteiger charge is -2.15. The average Bonchev–Trinajstić information content (AvgIpc) is 2.15. The van der Waals surface area contributed by atoms with Gasteiger partial charge >= 0.3 is 0 Å². The van der Waals surface area contributed by atoms with Crippen LogP contribution in [-0.2, 0) is 4.79 Å². The smallest absolute Gasteiger partial charge is 0.0420 e. The first-order valence-electron chi connectivity index (χ1n) is 4.48. The van der Waals surface area contributed by atoms with Crippen molar-refractivity contribution in [1.29, 1.82) is 0 Å². The molecule has 0 aromatic heterocycles.